The highest BCUT2D eigenvalue weighted by Crippen LogP contribution is 2.25. The molecule has 2 aliphatic rings. The van der Waals surface area contributed by atoms with Crippen molar-refractivity contribution < 1.29 is 53.4 Å². The predicted molar refractivity (Wildman–Crippen MR) is 220 cm³/mol. The minimum atomic E-state index is -1.78. The number of nitrogens with one attached hydrogen (secondary N) is 7. The fourth-order valence-corrected chi connectivity index (χ4v) is 7.16. The molecule has 0 fully saturated rings. The van der Waals surface area contributed by atoms with E-state index < -0.39 is 120 Å². The van der Waals surface area contributed by atoms with Crippen molar-refractivity contribution in [2.75, 3.05) is 18.1 Å². The van der Waals surface area contributed by atoms with Gasteiger partial charge in [0, 0.05) is 21.3 Å². The molecule has 0 aliphatic carbocycles. The first kappa shape index (κ1) is 51.1. The van der Waals surface area contributed by atoms with Gasteiger partial charge in [-0.25, -0.2) is 0 Å². The van der Waals surface area contributed by atoms with Crippen molar-refractivity contribution in [3.05, 3.63) is 24.3 Å². The molecule has 1 aromatic carbocycles. The molecule has 0 aromatic heterocycles. The molecule has 0 radical (unpaired) electrons. The van der Waals surface area contributed by atoms with Gasteiger partial charge in [0.15, 0.2) is 0 Å². The Labute approximate surface area is 355 Å². The molecule has 17 N–H and O–H groups in total. The van der Waals surface area contributed by atoms with Crippen molar-refractivity contribution in [2.45, 2.75) is 124 Å². The lowest BCUT2D eigenvalue weighted by atomic mass is 10.1. The normalized spacial score (nSPS) is 24.7. The third-order valence-electron chi connectivity index (χ3n) is 8.93. The lowest BCUT2D eigenvalue weighted by molar-refractivity contribution is -0.137. The molecular formula is C36H57N11O11S2. The molecule has 0 unspecified atom stereocenters. The molecule has 10 atom stereocenters. The summed E-state index contributed by atoms with van der Waals surface area (Å²) < 4.78 is 0. The zero-order valence-corrected chi connectivity index (χ0v) is 35.4. The van der Waals surface area contributed by atoms with Crippen LogP contribution < -0.4 is 60.2 Å². The number of unbranched alkanes of at least 4 members (excludes halogenated alkanes) is 1. The highest BCUT2D eigenvalue weighted by molar-refractivity contribution is 7.99. The lowest BCUT2D eigenvalue weighted by Gasteiger charge is -2.28. The van der Waals surface area contributed by atoms with Gasteiger partial charge < -0.3 is 70.4 Å². The van der Waals surface area contributed by atoms with E-state index in [1.165, 1.54) is 20.8 Å². The van der Waals surface area contributed by atoms with Crippen LogP contribution in [0.2, 0.25) is 0 Å². The van der Waals surface area contributed by atoms with Gasteiger partial charge in [0.1, 0.15) is 42.3 Å². The number of fused-ring (bicyclic) bond motifs is 21. The van der Waals surface area contributed by atoms with E-state index in [4.69, 9.17) is 22.9 Å². The Kier molecular flexibility index (Phi) is 21.2. The molecule has 0 saturated carbocycles. The fraction of sp³-hybridized carbons (Fsp3) is 0.583. The monoisotopic (exact) mass is 883 g/mol. The van der Waals surface area contributed by atoms with Crippen LogP contribution in [0.4, 0.5) is 0 Å². The number of rotatable bonds is 13. The summed E-state index contributed by atoms with van der Waals surface area (Å²) in [5, 5.41) is 37.7. The van der Waals surface area contributed by atoms with Gasteiger partial charge in [-0.3, -0.25) is 43.2 Å². The number of amides is 9. The molecule has 9 amide bonds. The van der Waals surface area contributed by atoms with Gasteiger partial charge >= 0.3 is 0 Å². The molecule has 24 heteroatoms. The smallest absolute Gasteiger partial charge is 0.245 e. The number of hydrogen-bond acceptors (Lipinski definition) is 15. The molecular weight excluding hydrogens is 827 g/mol. The number of hydrogen-bond donors (Lipinski definition) is 13. The van der Waals surface area contributed by atoms with E-state index >= 15 is 0 Å². The quantitative estimate of drug-likeness (QED) is 0.0651. The van der Waals surface area contributed by atoms with Crippen LogP contribution in [0.1, 0.15) is 53.4 Å². The number of aliphatic hydroxyl groups is 2. The number of benzene rings is 1. The van der Waals surface area contributed by atoms with Crippen molar-refractivity contribution in [3.8, 4) is 0 Å². The van der Waals surface area contributed by atoms with Crippen molar-refractivity contribution in [1.29, 1.82) is 0 Å². The van der Waals surface area contributed by atoms with Crippen LogP contribution in [0.15, 0.2) is 34.1 Å². The van der Waals surface area contributed by atoms with Crippen LogP contribution in [-0.4, -0.2) is 142 Å². The van der Waals surface area contributed by atoms with E-state index in [9.17, 15) is 53.4 Å². The maximum atomic E-state index is 13.8. The van der Waals surface area contributed by atoms with Gasteiger partial charge in [-0.05, 0) is 71.3 Å². The summed E-state index contributed by atoms with van der Waals surface area (Å²) in [7, 11) is 0. The maximum absolute atomic E-state index is 13.8. The Bertz CT molecular complexity index is 1700. The Balaban J connectivity index is 2.59. The second kappa shape index (κ2) is 24.9. The summed E-state index contributed by atoms with van der Waals surface area (Å²) in [5.41, 5.74) is 22.3. The maximum Gasteiger partial charge on any atom is 0.245 e. The topological polar surface area (TPSA) is 382 Å². The summed E-state index contributed by atoms with van der Waals surface area (Å²) in [4.78, 5) is 119. The largest absolute Gasteiger partial charge is 0.391 e. The Morgan fingerprint density at radius 1 is 0.767 bits per heavy atom. The average molecular weight is 884 g/mol. The van der Waals surface area contributed by atoms with E-state index in [1.54, 1.807) is 24.3 Å². The van der Waals surface area contributed by atoms with Crippen LogP contribution in [-0.2, 0) is 43.2 Å². The molecule has 334 valence electrons. The molecule has 3 rings (SSSR count). The van der Waals surface area contributed by atoms with Crippen LogP contribution in [0.3, 0.4) is 0 Å². The van der Waals surface area contributed by atoms with Gasteiger partial charge in [0.2, 0.25) is 53.2 Å². The molecule has 2 bridgehead atoms. The Hall–Kier alpha value is -5.01. The number of aliphatic hydroxyl groups excluding tert-OH is 2. The van der Waals surface area contributed by atoms with Gasteiger partial charge in [0.05, 0.1) is 24.7 Å². The summed E-state index contributed by atoms with van der Waals surface area (Å²) >= 11 is 2.25. The van der Waals surface area contributed by atoms with Gasteiger partial charge in [0.25, 0.3) is 0 Å². The first-order valence-electron chi connectivity index (χ1n) is 19.0. The number of primary amides is 2. The van der Waals surface area contributed by atoms with Crippen LogP contribution in [0.5, 0.6) is 0 Å². The van der Waals surface area contributed by atoms with Crippen LogP contribution in [0.25, 0.3) is 0 Å². The van der Waals surface area contributed by atoms with E-state index in [-0.39, 0.29) is 17.9 Å². The number of thioether (sulfide) groups is 2. The summed E-state index contributed by atoms with van der Waals surface area (Å²) in [6, 6.07) is -4.72. The first-order chi connectivity index (χ1) is 28.1. The second-order valence-corrected chi connectivity index (χ2v) is 16.3. The zero-order valence-electron chi connectivity index (χ0n) is 33.7. The SMILES string of the molecule is C[C@H](NC(=O)[C@@H]1CSc2ccc(cc2)SC[C@H](NC(=O)[C@@H](N)CCCCN)C(=O)N[C@@H](CC(N)=O)C(=O)N[C@@H]([C@@H](C)O)C(=O)N[C@@H](C)C(=O)N[C@@H]([C@@H](C)O)C(=O)N1)C(N)=O. The predicted octanol–water partition coefficient (Wildman–Crippen LogP) is -5.10. The van der Waals surface area contributed by atoms with Gasteiger partial charge in [-0.15, -0.1) is 23.5 Å². The Morgan fingerprint density at radius 2 is 1.30 bits per heavy atom. The molecule has 22 nitrogen and oxygen atoms in total. The molecule has 2 aliphatic heterocycles. The first-order valence-corrected chi connectivity index (χ1v) is 21.0. The third-order valence-corrected chi connectivity index (χ3v) is 11.1. The van der Waals surface area contributed by atoms with Gasteiger partial charge in [-0.2, -0.15) is 0 Å². The highest BCUT2D eigenvalue weighted by atomic mass is 32.2. The van der Waals surface area contributed by atoms with Crippen molar-refractivity contribution in [3.63, 3.8) is 0 Å². The highest BCUT2D eigenvalue weighted by Gasteiger charge is 2.36. The minimum Gasteiger partial charge on any atom is -0.391 e. The fourth-order valence-electron chi connectivity index (χ4n) is 5.32. The summed E-state index contributed by atoms with van der Waals surface area (Å²) in [5.74, 6) is -8.73. The minimum absolute atomic E-state index is 0.110. The van der Waals surface area contributed by atoms with Crippen LogP contribution >= 0.6 is 23.5 Å². The van der Waals surface area contributed by atoms with E-state index in [0.717, 1.165) is 30.4 Å². The number of carbonyl (C=O) groups excluding carboxylic acids is 9. The van der Waals surface area contributed by atoms with E-state index in [2.05, 4.69) is 37.2 Å². The Morgan fingerprint density at radius 3 is 1.82 bits per heavy atom. The molecule has 60 heavy (non-hydrogen) atoms. The van der Waals surface area contributed by atoms with Crippen molar-refractivity contribution >= 4 is 76.7 Å². The van der Waals surface area contributed by atoms with E-state index in [0.29, 0.717) is 29.2 Å². The molecule has 0 saturated heterocycles. The van der Waals surface area contributed by atoms with Gasteiger partial charge in [-0.1, -0.05) is 6.42 Å². The van der Waals surface area contributed by atoms with Crippen LogP contribution in [0, 0.1) is 0 Å². The number of carbonyl (C=O) groups is 9. The summed E-state index contributed by atoms with van der Waals surface area (Å²) in [6.07, 6.45) is -2.50. The second-order valence-electron chi connectivity index (χ2n) is 14.2. The summed E-state index contributed by atoms with van der Waals surface area (Å²) in [6.45, 7) is 5.25. The van der Waals surface area contributed by atoms with Crippen molar-refractivity contribution in [2.24, 2.45) is 22.9 Å². The van der Waals surface area contributed by atoms with Crippen molar-refractivity contribution in [1.82, 2.24) is 37.2 Å². The third kappa shape index (κ3) is 16.9. The zero-order chi connectivity index (χ0) is 45.3. The number of nitrogens with two attached hydrogens (primary N) is 4. The standard InChI is InChI=1S/C36H57N11O11S2/c1-16(29(40)51)41-33(55)24-14-59-20-8-10-21(11-9-20)60-15-25(44-31(53)22(38)7-5-6-12-37)34(56)43-23(13-26(39)50)32(54)47-27(18(3)48)35(57)42-17(2)30(52)46-28(19(4)49)36(58)45-24/h8-11,16-19,22-25,27-28,48-49H,5-7,12-15,37-38H2,1-4H3,(H2,39,50)(H2,40,51)(H,41,55)(H,42,57)(H,43,56)(H,44,53)(H,45,58)(H,46,52)(H,47,54)/t16-,17-,18+,19+,22-,23-,24-,25-,27-,28-/m0/s1. The van der Waals surface area contributed by atoms with E-state index in [1.807, 2.05) is 0 Å². The molecule has 0 spiro atoms. The molecule has 2 heterocycles. The average Bonchev–Trinajstić information content (AvgIpc) is 3.17. The molecule has 1 aromatic rings. The lowest BCUT2D eigenvalue weighted by Crippen LogP contribution is -2.62.